The fourth-order valence-corrected chi connectivity index (χ4v) is 0.654. The molecule has 1 unspecified atom stereocenters. The number of nitrogens with zero attached hydrogens (tertiary/aromatic N) is 1. The van der Waals surface area contributed by atoms with Crippen LogP contribution in [-0.2, 0) is 4.84 Å². The van der Waals surface area contributed by atoms with Gasteiger partial charge in [-0.1, -0.05) is 0 Å². The first kappa shape index (κ1) is 9.88. The van der Waals surface area contributed by atoms with E-state index in [1.54, 1.807) is 12.0 Å². The van der Waals surface area contributed by atoms with Gasteiger partial charge >= 0.3 is 0 Å². The van der Waals surface area contributed by atoms with Crippen molar-refractivity contribution in [1.29, 1.82) is 0 Å². The molecule has 0 heterocycles. The van der Waals surface area contributed by atoms with E-state index in [1.807, 2.05) is 14.0 Å². The van der Waals surface area contributed by atoms with E-state index in [-0.39, 0.29) is 6.10 Å². The first-order valence-electron chi connectivity index (χ1n) is 3.69. The van der Waals surface area contributed by atoms with E-state index in [2.05, 4.69) is 0 Å². The topological polar surface area (TPSA) is 32.7 Å². The SMILES string of the molecule is CCON(C)CCC(C)O. The van der Waals surface area contributed by atoms with Gasteiger partial charge in [0, 0.05) is 13.6 Å². The summed E-state index contributed by atoms with van der Waals surface area (Å²) in [6, 6.07) is 0. The monoisotopic (exact) mass is 147 g/mol. The zero-order valence-corrected chi connectivity index (χ0v) is 7.00. The predicted octanol–water partition coefficient (Wildman–Crippen LogP) is 0.641. The summed E-state index contributed by atoms with van der Waals surface area (Å²) in [5, 5.41) is 10.6. The third-order valence-corrected chi connectivity index (χ3v) is 1.21. The lowest BCUT2D eigenvalue weighted by atomic mass is 10.3. The molecular weight excluding hydrogens is 130 g/mol. The molecule has 0 aromatic carbocycles. The van der Waals surface area contributed by atoms with Crippen LogP contribution in [0.1, 0.15) is 20.3 Å². The third-order valence-electron chi connectivity index (χ3n) is 1.21. The number of rotatable bonds is 5. The Bertz CT molecular complexity index is 76.0. The van der Waals surface area contributed by atoms with Crippen LogP contribution in [-0.4, -0.2) is 36.5 Å². The van der Waals surface area contributed by atoms with E-state index in [9.17, 15) is 0 Å². The van der Waals surface area contributed by atoms with E-state index in [0.29, 0.717) is 6.61 Å². The van der Waals surface area contributed by atoms with Crippen molar-refractivity contribution in [1.82, 2.24) is 5.06 Å². The molecule has 0 amide bonds. The Labute approximate surface area is 62.6 Å². The maximum atomic E-state index is 8.89. The van der Waals surface area contributed by atoms with E-state index in [0.717, 1.165) is 13.0 Å². The maximum absolute atomic E-state index is 8.89. The molecule has 1 atom stereocenters. The lowest BCUT2D eigenvalue weighted by molar-refractivity contribution is -0.138. The summed E-state index contributed by atoms with van der Waals surface area (Å²) >= 11 is 0. The summed E-state index contributed by atoms with van der Waals surface area (Å²) in [5.74, 6) is 0. The molecule has 1 N–H and O–H groups in total. The highest BCUT2D eigenvalue weighted by atomic mass is 16.7. The lowest BCUT2D eigenvalue weighted by Crippen LogP contribution is -2.22. The Morgan fingerprint density at radius 3 is 2.60 bits per heavy atom. The highest BCUT2D eigenvalue weighted by molar-refractivity contribution is 4.47. The molecule has 0 aliphatic heterocycles. The van der Waals surface area contributed by atoms with Crippen molar-refractivity contribution in [2.75, 3.05) is 20.2 Å². The normalized spacial score (nSPS) is 14.1. The molecule has 0 spiro atoms. The van der Waals surface area contributed by atoms with Gasteiger partial charge in [0.05, 0.1) is 12.7 Å². The van der Waals surface area contributed by atoms with Gasteiger partial charge in [-0.15, -0.1) is 0 Å². The minimum Gasteiger partial charge on any atom is -0.393 e. The average Bonchev–Trinajstić information content (AvgIpc) is 1.85. The van der Waals surface area contributed by atoms with Crippen LogP contribution in [0.25, 0.3) is 0 Å². The first-order valence-corrected chi connectivity index (χ1v) is 3.69. The van der Waals surface area contributed by atoms with Crippen LogP contribution in [0.3, 0.4) is 0 Å². The minimum atomic E-state index is -0.233. The quantitative estimate of drug-likeness (QED) is 0.579. The minimum absolute atomic E-state index is 0.233. The summed E-state index contributed by atoms with van der Waals surface area (Å²) in [4.78, 5) is 5.11. The molecule has 0 fully saturated rings. The van der Waals surface area contributed by atoms with Gasteiger partial charge in [0.25, 0.3) is 0 Å². The second-order valence-electron chi connectivity index (χ2n) is 2.41. The Hall–Kier alpha value is -0.120. The van der Waals surface area contributed by atoms with Crippen molar-refractivity contribution < 1.29 is 9.94 Å². The summed E-state index contributed by atoms with van der Waals surface area (Å²) < 4.78 is 0. The van der Waals surface area contributed by atoms with Gasteiger partial charge in [0.2, 0.25) is 0 Å². The molecule has 0 aliphatic carbocycles. The highest BCUT2D eigenvalue weighted by Gasteiger charge is 1.99. The number of hydrogen-bond donors (Lipinski definition) is 1. The molecule has 0 radical (unpaired) electrons. The van der Waals surface area contributed by atoms with Gasteiger partial charge in [-0.2, -0.15) is 5.06 Å². The Balaban J connectivity index is 3.12. The van der Waals surface area contributed by atoms with Gasteiger partial charge < -0.3 is 5.11 Å². The summed E-state index contributed by atoms with van der Waals surface area (Å²) in [6.45, 7) is 5.19. The van der Waals surface area contributed by atoms with Crippen LogP contribution in [0.15, 0.2) is 0 Å². The van der Waals surface area contributed by atoms with Gasteiger partial charge in [-0.3, -0.25) is 4.84 Å². The van der Waals surface area contributed by atoms with Crippen molar-refractivity contribution >= 4 is 0 Å². The molecule has 0 rings (SSSR count). The molecular formula is C7H17NO2. The molecule has 3 nitrogen and oxygen atoms in total. The maximum Gasteiger partial charge on any atom is 0.0656 e. The molecule has 0 aromatic rings. The van der Waals surface area contributed by atoms with E-state index in [4.69, 9.17) is 9.94 Å². The lowest BCUT2D eigenvalue weighted by Gasteiger charge is -2.15. The predicted molar refractivity (Wildman–Crippen MR) is 40.6 cm³/mol. The zero-order chi connectivity index (χ0) is 7.98. The number of aliphatic hydroxyl groups is 1. The van der Waals surface area contributed by atoms with Crippen LogP contribution in [0.2, 0.25) is 0 Å². The van der Waals surface area contributed by atoms with Crippen molar-refractivity contribution in [3.05, 3.63) is 0 Å². The van der Waals surface area contributed by atoms with Gasteiger partial charge in [-0.05, 0) is 20.3 Å². The standard InChI is InChI=1S/C7H17NO2/c1-4-10-8(3)6-5-7(2)9/h7,9H,4-6H2,1-3H3. The summed E-state index contributed by atoms with van der Waals surface area (Å²) in [5.41, 5.74) is 0. The second kappa shape index (κ2) is 5.65. The summed E-state index contributed by atoms with van der Waals surface area (Å²) in [7, 11) is 1.87. The second-order valence-corrected chi connectivity index (χ2v) is 2.41. The smallest absolute Gasteiger partial charge is 0.0656 e. The molecule has 0 saturated heterocycles. The van der Waals surface area contributed by atoms with Gasteiger partial charge in [-0.25, -0.2) is 0 Å². The Morgan fingerprint density at radius 1 is 1.60 bits per heavy atom. The molecule has 0 aliphatic rings. The fourth-order valence-electron chi connectivity index (χ4n) is 0.654. The van der Waals surface area contributed by atoms with Crippen LogP contribution in [0.5, 0.6) is 0 Å². The summed E-state index contributed by atoms with van der Waals surface area (Å²) in [6.07, 6.45) is 0.527. The molecule has 10 heavy (non-hydrogen) atoms. The van der Waals surface area contributed by atoms with Crippen molar-refractivity contribution in [3.63, 3.8) is 0 Å². The molecule has 3 heteroatoms. The number of hydrogen-bond acceptors (Lipinski definition) is 3. The van der Waals surface area contributed by atoms with Crippen LogP contribution in [0.4, 0.5) is 0 Å². The van der Waals surface area contributed by atoms with E-state index in [1.165, 1.54) is 0 Å². The fraction of sp³-hybridized carbons (Fsp3) is 1.00. The van der Waals surface area contributed by atoms with E-state index < -0.39 is 0 Å². The molecule has 0 aromatic heterocycles. The van der Waals surface area contributed by atoms with E-state index >= 15 is 0 Å². The van der Waals surface area contributed by atoms with Crippen LogP contribution in [0, 0.1) is 0 Å². The van der Waals surface area contributed by atoms with Crippen molar-refractivity contribution in [2.24, 2.45) is 0 Å². The Kier molecular flexibility index (Phi) is 5.58. The van der Waals surface area contributed by atoms with Crippen LogP contribution >= 0.6 is 0 Å². The van der Waals surface area contributed by atoms with Crippen molar-refractivity contribution in [2.45, 2.75) is 26.4 Å². The van der Waals surface area contributed by atoms with Gasteiger partial charge in [0.1, 0.15) is 0 Å². The number of aliphatic hydroxyl groups excluding tert-OH is 1. The first-order chi connectivity index (χ1) is 4.66. The zero-order valence-electron chi connectivity index (χ0n) is 7.00. The van der Waals surface area contributed by atoms with Crippen molar-refractivity contribution in [3.8, 4) is 0 Å². The third kappa shape index (κ3) is 6.01. The molecule has 62 valence electrons. The largest absolute Gasteiger partial charge is 0.393 e. The Morgan fingerprint density at radius 2 is 2.20 bits per heavy atom. The number of hydroxylamine groups is 2. The molecule has 0 bridgehead atoms. The van der Waals surface area contributed by atoms with Gasteiger partial charge in [0.15, 0.2) is 0 Å². The van der Waals surface area contributed by atoms with Crippen LogP contribution < -0.4 is 0 Å². The molecule has 0 saturated carbocycles. The highest BCUT2D eigenvalue weighted by Crippen LogP contribution is 1.92. The average molecular weight is 147 g/mol.